The highest BCUT2D eigenvalue weighted by atomic mass is 35.5. The molecule has 0 heterocycles. The fraction of sp³-hybridized carbons (Fsp3) is 0.250. The smallest absolute Gasteiger partial charge is 0.125 e. The third kappa shape index (κ3) is 3.49. The Morgan fingerprint density at radius 2 is 1.69 bits per heavy atom. The van der Waals surface area contributed by atoms with Crippen LogP contribution >= 0.6 is 11.6 Å². The van der Waals surface area contributed by atoms with Crippen molar-refractivity contribution in [2.75, 3.05) is 0 Å². The van der Waals surface area contributed by atoms with E-state index in [0.29, 0.717) is 0 Å². The maximum absolute atomic E-state index is 10.5. The van der Waals surface area contributed by atoms with Gasteiger partial charge in [0.25, 0.3) is 0 Å². The van der Waals surface area contributed by atoms with Crippen LogP contribution in [-0.4, -0.2) is 10.7 Å². The Morgan fingerprint density at radius 3 is 2.42 bits per heavy atom. The van der Waals surface area contributed by atoms with Crippen molar-refractivity contribution in [3.8, 4) is 23.0 Å². The van der Waals surface area contributed by atoms with Crippen LogP contribution in [0.25, 0.3) is 21.9 Å². The topological polar surface area (TPSA) is 20.2 Å². The number of benzene rings is 3. The number of rotatable bonds is 1. The first-order valence-corrected chi connectivity index (χ1v) is 9.46. The number of hydrogen-bond acceptors (Lipinski definition) is 1. The molecule has 0 aliphatic heterocycles. The van der Waals surface area contributed by atoms with Gasteiger partial charge in [0.2, 0.25) is 0 Å². The second-order valence-corrected chi connectivity index (χ2v) is 7.68. The molecule has 1 aliphatic carbocycles. The Hall–Kier alpha value is -2.27. The van der Waals surface area contributed by atoms with Gasteiger partial charge in [-0.05, 0) is 84.3 Å². The van der Waals surface area contributed by atoms with E-state index in [1.165, 1.54) is 21.9 Å². The predicted molar refractivity (Wildman–Crippen MR) is 109 cm³/mol. The zero-order valence-corrected chi connectivity index (χ0v) is 15.6. The van der Waals surface area contributed by atoms with Gasteiger partial charge in [-0.2, -0.15) is 0 Å². The minimum atomic E-state index is -0.804. The molecule has 0 unspecified atom stereocenters. The van der Waals surface area contributed by atoms with Crippen molar-refractivity contribution >= 4 is 22.4 Å². The van der Waals surface area contributed by atoms with Gasteiger partial charge in [0.05, 0.1) is 0 Å². The fourth-order valence-electron chi connectivity index (χ4n) is 3.73. The van der Waals surface area contributed by atoms with Crippen molar-refractivity contribution in [3.05, 3.63) is 70.7 Å². The highest BCUT2D eigenvalue weighted by Gasteiger charge is 2.28. The van der Waals surface area contributed by atoms with Gasteiger partial charge >= 0.3 is 0 Å². The van der Waals surface area contributed by atoms with Gasteiger partial charge in [-0.1, -0.05) is 53.8 Å². The highest BCUT2D eigenvalue weighted by molar-refractivity contribution is 6.30. The lowest BCUT2D eigenvalue weighted by molar-refractivity contribution is 0.110. The molecule has 0 amide bonds. The summed E-state index contributed by atoms with van der Waals surface area (Å²) in [6, 6.07) is 18.6. The Morgan fingerprint density at radius 1 is 0.962 bits per heavy atom. The van der Waals surface area contributed by atoms with E-state index >= 15 is 0 Å². The van der Waals surface area contributed by atoms with Gasteiger partial charge in [0.15, 0.2) is 0 Å². The molecule has 0 radical (unpaired) electrons. The maximum atomic E-state index is 10.5. The molecule has 0 aromatic heterocycles. The molecule has 26 heavy (non-hydrogen) atoms. The summed E-state index contributed by atoms with van der Waals surface area (Å²) in [6.07, 6.45) is 3.68. The van der Waals surface area contributed by atoms with E-state index in [9.17, 15) is 5.11 Å². The zero-order valence-electron chi connectivity index (χ0n) is 14.8. The molecular formula is C24H21ClO. The van der Waals surface area contributed by atoms with E-state index in [1.54, 1.807) is 0 Å². The van der Waals surface area contributed by atoms with Crippen molar-refractivity contribution in [1.29, 1.82) is 0 Å². The summed E-state index contributed by atoms with van der Waals surface area (Å²) in [5, 5.41) is 13.6. The van der Waals surface area contributed by atoms with Crippen LogP contribution in [0.5, 0.6) is 0 Å². The summed E-state index contributed by atoms with van der Waals surface area (Å²) in [6.45, 7) is 2.11. The van der Waals surface area contributed by atoms with Crippen LogP contribution in [0.2, 0.25) is 5.02 Å². The largest absolute Gasteiger partial charge is 0.378 e. The molecule has 3 aromatic carbocycles. The lowest BCUT2D eigenvalue weighted by Gasteiger charge is -2.13. The van der Waals surface area contributed by atoms with Crippen molar-refractivity contribution in [1.82, 2.24) is 0 Å². The van der Waals surface area contributed by atoms with Crippen molar-refractivity contribution in [2.24, 2.45) is 0 Å². The van der Waals surface area contributed by atoms with E-state index in [2.05, 4.69) is 55.2 Å². The molecule has 1 aliphatic rings. The first-order valence-electron chi connectivity index (χ1n) is 9.08. The normalized spacial score (nSPS) is 15.7. The standard InChI is InChI=1S/C24H21ClO/c1-17-14-20-5-4-18(10-13-24(26)11-2-3-12-24)16-23(20)22(15-17)19-6-8-21(25)9-7-19/h4-9,14-16,26H,2-3,11-12H2,1H3. The Kier molecular flexibility index (Phi) is 4.49. The van der Waals surface area contributed by atoms with E-state index in [0.717, 1.165) is 41.8 Å². The summed E-state index contributed by atoms with van der Waals surface area (Å²) >= 11 is 6.05. The minimum Gasteiger partial charge on any atom is -0.378 e. The third-order valence-corrected chi connectivity index (χ3v) is 5.38. The SMILES string of the molecule is Cc1cc(-c2ccc(Cl)cc2)c2cc(C#CC3(O)CCCC3)ccc2c1. The quantitative estimate of drug-likeness (QED) is 0.518. The average Bonchev–Trinajstić information content (AvgIpc) is 3.07. The molecule has 1 nitrogen and oxygen atoms in total. The van der Waals surface area contributed by atoms with E-state index in [-0.39, 0.29) is 0 Å². The van der Waals surface area contributed by atoms with Gasteiger partial charge in [-0.3, -0.25) is 0 Å². The molecule has 1 N–H and O–H groups in total. The number of fused-ring (bicyclic) bond motifs is 1. The second kappa shape index (κ2) is 6.80. The number of aryl methyl sites for hydroxylation is 1. The lowest BCUT2D eigenvalue weighted by atomic mass is 9.94. The van der Waals surface area contributed by atoms with Crippen LogP contribution in [0.4, 0.5) is 0 Å². The number of hydrogen-bond donors (Lipinski definition) is 1. The second-order valence-electron chi connectivity index (χ2n) is 7.24. The maximum Gasteiger partial charge on any atom is 0.125 e. The Labute approximate surface area is 159 Å². The molecule has 130 valence electrons. The average molecular weight is 361 g/mol. The van der Waals surface area contributed by atoms with Crippen molar-refractivity contribution < 1.29 is 5.11 Å². The fourth-order valence-corrected chi connectivity index (χ4v) is 3.85. The molecular weight excluding hydrogens is 340 g/mol. The molecule has 0 saturated heterocycles. The third-order valence-electron chi connectivity index (χ3n) is 5.12. The van der Waals surface area contributed by atoms with Gasteiger partial charge in [0.1, 0.15) is 5.60 Å². The van der Waals surface area contributed by atoms with Crippen LogP contribution < -0.4 is 0 Å². The zero-order chi connectivity index (χ0) is 18.1. The van der Waals surface area contributed by atoms with Gasteiger partial charge in [-0.25, -0.2) is 0 Å². The molecule has 4 rings (SSSR count). The molecule has 0 bridgehead atoms. The molecule has 1 saturated carbocycles. The summed E-state index contributed by atoms with van der Waals surface area (Å²) in [5.74, 6) is 6.31. The molecule has 0 spiro atoms. The molecule has 1 fully saturated rings. The Bertz CT molecular complexity index is 1020. The molecule has 2 heteroatoms. The molecule has 0 atom stereocenters. The summed E-state index contributed by atoms with van der Waals surface area (Å²) in [4.78, 5) is 0. The van der Waals surface area contributed by atoms with Crippen LogP contribution in [0.1, 0.15) is 36.8 Å². The van der Waals surface area contributed by atoms with Crippen LogP contribution in [0.15, 0.2) is 54.6 Å². The predicted octanol–water partition coefficient (Wildman–Crippen LogP) is 6.13. The van der Waals surface area contributed by atoms with Crippen LogP contribution in [-0.2, 0) is 0 Å². The highest BCUT2D eigenvalue weighted by Crippen LogP contribution is 2.32. The van der Waals surface area contributed by atoms with Crippen LogP contribution in [0, 0.1) is 18.8 Å². The first-order chi connectivity index (χ1) is 12.5. The lowest BCUT2D eigenvalue weighted by Crippen LogP contribution is -2.20. The van der Waals surface area contributed by atoms with Crippen molar-refractivity contribution in [3.63, 3.8) is 0 Å². The first kappa shape index (κ1) is 17.2. The summed E-state index contributed by atoms with van der Waals surface area (Å²) in [5.41, 5.74) is 3.68. The van der Waals surface area contributed by atoms with Crippen LogP contribution in [0.3, 0.4) is 0 Å². The minimum absolute atomic E-state index is 0.738. The summed E-state index contributed by atoms with van der Waals surface area (Å²) in [7, 11) is 0. The molecule has 3 aromatic rings. The Balaban J connectivity index is 1.82. The van der Waals surface area contributed by atoms with Gasteiger partial charge < -0.3 is 5.11 Å². The number of halogens is 1. The number of aliphatic hydroxyl groups is 1. The van der Waals surface area contributed by atoms with Crippen molar-refractivity contribution in [2.45, 2.75) is 38.2 Å². The van der Waals surface area contributed by atoms with E-state index in [4.69, 9.17) is 11.6 Å². The van der Waals surface area contributed by atoms with Gasteiger partial charge in [0, 0.05) is 10.6 Å². The van der Waals surface area contributed by atoms with Gasteiger partial charge in [-0.15, -0.1) is 0 Å². The summed E-state index contributed by atoms with van der Waals surface area (Å²) < 4.78 is 0. The van der Waals surface area contributed by atoms with E-state index in [1.807, 2.05) is 18.2 Å². The van der Waals surface area contributed by atoms with E-state index < -0.39 is 5.60 Å². The monoisotopic (exact) mass is 360 g/mol.